The Labute approximate surface area is 182 Å². The standard InChI is InChI=1S/C22H20ClF2NO5/c23-16-7-14-10-29-12-31-20(14)15(8-16)11-30-22(28)13-3-5-26(6-4-13)21(27)18-2-1-17(24)9-19(18)25/h1-2,7-9,13H,3-6,10-12H2. The highest BCUT2D eigenvalue weighted by Crippen LogP contribution is 2.32. The van der Waals surface area contributed by atoms with Crippen LogP contribution in [0.2, 0.25) is 5.02 Å². The minimum absolute atomic E-state index is 0.0155. The molecule has 1 amide bonds. The average molecular weight is 452 g/mol. The number of likely N-dealkylation sites (tertiary alicyclic amines) is 1. The maximum absolute atomic E-state index is 13.9. The molecular weight excluding hydrogens is 432 g/mol. The van der Waals surface area contributed by atoms with Gasteiger partial charge in [-0.1, -0.05) is 11.6 Å². The Morgan fingerprint density at radius 3 is 2.68 bits per heavy atom. The Hall–Kier alpha value is -2.71. The number of amides is 1. The number of halogens is 3. The maximum Gasteiger partial charge on any atom is 0.309 e. The first-order chi connectivity index (χ1) is 14.9. The van der Waals surface area contributed by atoms with Gasteiger partial charge in [-0.05, 0) is 37.1 Å². The first-order valence-corrected chi connectivity index (χ1v) is 10.2. The van der Waals surface area contributed by atoms with E-state index in [9.17, 15) is 18.4 Å². The molecule has 2 aromatic rings. The van der Waals surface area contributed by atoms with E-state index < -0.39 is 17.5 Å². The molecule has 0 aliphatic carbocycles. The number of esters is 1. The normalized spacial score (nSPS) is 16.4. The van der Waals surface area contributed by atoms with E-state index in [0.29, 0.717) is 41.9 Å². The number of carbonyl (C=O) groups is 2. The number of fused-ring (bicyclic) bond motifs is 1. The lowest BCUT2D eigenvalue weighted by atomic mass is 9.96. The molecule has 1 fully saturated rings. The van der Waals surface area contributed by atoms with Gasteiger partial charge in [0, 0.05) is 35.3 Å². The van der Waals surface area contributed by atoms with Crippen LogP contribution in [0.3, 0.4) is 0 Å². The van der Waals surface area contributed by atoms with Gasteiger partial charge in [0.1, 0.15) is 24.0 Å². The molecule has 2 aliphatic heterocycles. The highest BCUT2D eigenvalue weighted by atomic mass is 35.5. The first kappa shape index (κ1) is 21.5. The zero-order chi connectivity index (χ0) is 22.0. The van der Waals surface area contributed by atoms with Gasteiger partial charge in [0.05, 0.1) is 18.1 Å². The molecule has 0 spiro atoms. The van der Waals surface area contributed by atoms with E-state index in [1.54, 1.807) is 12.1 Å². The second-order valence-corrected chi connectivity index (χ2v) is 7.90. The lowest BCUT2D eigenvalue weighted by Gasteiger charge is -2.31. The molecule has 9 heteroatoms. The van der Waals surface area contributed by atoms with Gasteiger partial charge in [-0.15, -0.1) is 0 Å². The fraction of sp³-hybridized carbons (Fsp3) is 0.364. The zero-order valence-corrected chi connectivity index (χ0v) is 17.3. The van der Waals surface area contributed by atoms with E-state index >= 15 is 0 Å². The summed E-state index contributed by atoms with van der Waals surface area (Å²) < 4.78 is 43.2. The first-order valence-electron chi connectivity index (χ1n) is 9.85. The molecule has 6 nitrogen and oxygen atoms in total. The summed E-state index contributed by atoms with van der Waals surface area (Å²) in [6.07, 6.45) is 0.788. The summed E-state index contributed by atoms with van der Waals surface area (Å²) in [6, 6.07) is 6.30. The van der Waals surface area contributed by atoms with Gasteiger partial charge >= 0.3 is 5.97 Å². The second-order valence-electron chi connectivity index (χ2n) is 7.46. The summed E-state index contributed by atoms with van der Waals surface area (Å²) in [5.74, 6) is -2.29. The smallest absolute Gasteiger partial charge is 0.309 e. The molecular formula is C22H20ClF2NO5. The second kappa shape index (κ2) is 9.20. The Kier molecular flexibility index (Phi) is 6.38. The van der Waals surface area contributed by atoms with Crippen molar-refractivity contribution in [3.8, 4) is 5.75 Å². The SMILES string of the molecule is O=C(OCc1cc(Cl)cc2c1OCOC2)C1CCN(C(=O)c2ccc(F)cc2F)CC1. The van der Waals surface area contributed by atoms with E-state index in [2.05, 4.69) is 0 Å². The molecule has 0 aromatic heterocycles. The summed E-state index contributed by atoms with van der Waals surface area (Å²) in [5.41, 5.74) is 1.28. The van der Waals surface area contributed by atoms with Crippen molar-refractivity contribution in [2.24, 2.45) is 5.92 Å². The minimum atomic E-state index is -0.899. The van der Waals surface area contributed by atoms with Crippen LogP contribution in [0.15, 0.2) is 30.3 Å². The van der Waals surface area contributed by atoms with Crippen LogP contribution in [-0.2, 0) is 27.5 Å². The molecule has 0 saturated carbocycles. The average Bonchev–Trinajstić information content (AvgIpc) is 2.77. The number of piperidine rings is 1. The molecule has 0 atom stereocenters. The van der Waals surface area contributed by atoms with Gasteiger partial charge in [-0.25, -0.2) is 8.78 Å². The largest absolute Gasteiger partial charge is 0.467 e. The molecule has 0 radical (unpaired) electrons. The number of carbonyl (C=O) groups excluding carboxylic acids is 2. The van der Waals surface area contributed by atoms with Crippen molar-refractivity contribution in [3.05, 3.63) is 63.7 Å². The molecule has 0 N–H and O–H groups in total. The third-order valence-corrected chi connectivity index (χ3v) is 5.62. The van der Waals surface area contributed by atoms with Crippen LogP contribution in [0.1, 0.15) is 34.3 Å². The monoisotopic (exact) mass is 451 g/mol. The number of benzene rings is 2. The third kappa shape index (κ3) is 4.80. The maximum atomic E-state index is 13.9. The van der Waals surface area contributed by atoms with Crippen molar-refractivity contribution in [2.75, 3.05) is 19.9 Å². The fourth-order valence-corrected chi connectivity index (χ4v) is 4.05. The van der Waals surface area contributed by atoms with Gasteiger partial charge in [0.25, 0.3) is 5.91 Å². The predicted molar refractivity (Wildman–Crippen MR) is 107 cm³/mol. The molecule has 1 saturated heterocycles. The van der Waals surface area contributed by atoms with Crippen LogP contribution in [-0.4, -0.2) is 36.7 Å². The molecule has 0 bridgehead atoms. The van der Waals surface area contributed by atoms with Crippen LogP contribution in [0, 0.1) is 17.6 Å². The van der Waals surface area contributed by atoms with Gasteiger partial charge in [-0.2, -0.15) is 0 Å². The van der Waals surface area contributed by atoms with E-state index in [1.807, 2.05) is 0 Å². The topological polar surface area (TPSA) is 65.1 Å². The minimum Gasteiger partial charge on any atom is -0.467 e. The molecule has 0 unspecified atom stereocenters. The van der Waals surface area contributed by atoms with E-state index in [0.717, 1.165) is 17.7 Å². The summed E-state index contributed by atoms with van der Waals surface area (Å²) in [7, 11) is 0. The van der Waals surface area contributed by atoms with E-state index in [-0.39, 0.29) is 43.9 Å². The van der Waals surface area contributed by atoms with Crippen molar-refractivity contribution < 1.29 is 32.6 Å². The van der Waals surface area contributed by atoms with Crippen LogP contribution >= 0.6 is 11.6 Å². The van der Waals surface area contributed by atoms with E-state index in [4.69, 9.17) is 25.8 Å². The molecule has 2 heterocycles. The number of ether oxygens (including phenoxy) is 3. The van der Waals surface area contributed by atoms with Crippen molar-refractivity contribution in [2.45, 2.75) is 26.1 Å². The van der Waals surface area contributed by atoms with Crippen LogP contribution in [0.25, 0.3) is 0 Å². The third-order valence-electron chi connectivity index (χ3n) is 5.40. The van der Waals surface area contributed by atoms with Crippen molar-refractivity contribution in [3.63, 3.8) is 0 Å². The molecule has 164 valence electrons. The number of hydrogen-bond donors (Lipinski definition) is 0. The van der Waals surface area contributed by atoms with Gasteiger partial charge in [0.2, 0.25) is 0 Å². The van der Waals surface area contributed by atoms with Gasteiger partial charge in [0.15, 0.2) is 6.79 Å². The van der Waals surface area contributed by atoms with Gasteiger partial charge < -0.3 is 19.1 Å². The highest BCUT2D eigenvalue weighted by molar-refractivity contribution is 6.30. The molecule has 31 heavy (non-hydrogen) atoms. The summed E-state index contributed by atoms with van der Waals surface area (Å²) in [6.45, 7) is 1.07. The fourth-order valence-electron chi connectivity index (χ4n) is 3.78. The Balaban J connectivity index is 1.33. The Morgan fingerprint density at radius 1 is 1.16 bits per heavy atom. The molecule has 2 aliphatic rings. The Bertz CT molecular complexity index is 1010. The summed E-state index contributed by atoms with van der Waals surface area (Å²) in [5, 5.41) is 0.499. The summed E-state index contributed by atoms with van der Waals surface area (Å²) >= 11 is 6.13. The van der Waals surface area contributed by atoms with Crippen molar-refractivity contribution in [1.29, 1.82) is 0 Å². The lowest BCUT2D eigenvalue weighted by molar-refractivity contribution is -0.151. The Morgan fingerprint density at radius 2 is 1.94 bits per heavy atom. The quantitative estimate of drug-likeness (QED) is 0.655. The van der Waals surface area contributed by atoms with Crippen molar-refractivity contribution >= 4 is 23.5 Å². The highest BCUT2D eigenvalue weighted by Gasteiger charge is 2.30. The number of hydrogen-bond acceptors (Lipinski definition) is 5. The zero-order valence-electron chi connectivity index (χ0n) is 16.5. The van der Waals surface area contributed by atoms with Crippen LogP contribution < -0.4 is 4.74 Å². The predicted octanol–water partition coefficient (Wildman–Crippen LogP) is 4.08. The molecule has 4 rings (SSSR count). The van der Waals surface area contributed by atoms with Crippen LogP contribution in [0.5, 0.6) is 5.75 Å². The number of nitrogens with zero attached hydrogens (tertiary/aromatic N) is 1. The van der Waals surface area contributed by atoms with Gasteiger partial charge in [-0.3, -0.25) is 9.59 Å². The van der Waals surface area contributed by atoms with Crippen molar-refractivity contribution in [1.82, 2.24) is 4.90 Å². The molecule has 2 aromatic carbocycles. The summed E-state index contributed by atoms with van der Waals surface area (Å²) in [4.78, 5) is 26.5. The van der Waals surface area contributed by atoms with Crippen LogP contribution in [0.4, 0.5) is 8.78 Å². The number of rotatable bonds is 4. The van der Waals surface area contributed by atoms with E-state index in [1.165, 1.54) is 4.90 Å². The lowest BCUT2D eigenvalue weighted by Crippen LogP contribution is -2.41.